The van der Waals surface area contributed by atoms with E-state index >= 15 is 0 Å². The SMILES string of the molecule is ClC1=Cc2cc3c(Br)cccc3c(Cl)c2CC1. The minimum atomic E-state index is 0.860. The van der Waals surface area contributed by atoms with Crippen molar-refractivity contribution in [3.63, 3.8) is 0 Å². The standard InChI is InChI=1S/C14H9BrCl2/c15-13-3-1-2-11-12(13)7-8-6-9(16)4-5-10(8)14(11)17/h1-3,6-7H,4-5H2. The Bertz CT molecular complexity index is 644. The summed E-state index contributed by atoms with van der Waals surface area (Å²) in [5.74, 6) is 0. The van der Waals surface area contributed by atoms with Crippen molar-refractivity contribution in [3.05, 3.63) is 49.9 Å². The smallest absolute Gasteiger partial charge is 0.0522 e. The lowest BCUT2D eigenvalue weighted by molar-refractivity contribution is 0.973. The van der Waals surface area contributed by atoms with Crippen molar-refractivity contribution in [2.75, 3.05) is 0 Å². The van der Waals surface area contributed by atoms with Crippen molar-refractivity contribution in [2.24, 2.45) is 0 Å². The van der Waals surface area contributed by atoms with Crippen LogP contribution >= 0.6 is 39.1 Å². The molecule has 0 unspecified atom stereocenters. The number of halogens is 3. The van der Waals surface area contributed by atoms with Crippen LogP contribution in [0.15, 0.2) is 33.8 Å². The largest absolute Gasteiger partial charge is 0.0891 e. The first-order valence-electron chi connectivity index (χ1n) is 5.42. The fourth-order valence-electron chi connectivity index (χ4n) is 2.28. The van der Waals surface area contributed by atoms with Gasteiger partial charge >= 0.3 is 0 Å². The first-order valence-corrected chi connectivity index (χ1v) is 6.97. The van der Waals surface area contributed by atoms with E-state index in [4.69, 9.17) is 23.2 Å². The van der Waals surface area contributed by atoms with E-state index in [1.807, 2.05) is 18.2 Å². The van der Waals surface area contributed by atoms with Crippen molar-refractivity contribution >= 4 is 56.0 Å². The molecular formula is C14H9BrCl2. The van der Waals surface area contributed by atoms with Crippen molar-refractivity contribution in [3.8, 4) is 0 Å². The molecule has 0 nitrogen and oxygen atoms in total. The monoisotopic (exact) mass is 326 g/mol. The zero-order valence-corrected chi connectivity index (χ0v) is 12.0. The highest BCUT2D eigenvalue weighted by atomic mass is 79.9. The van der Waals surface area contributed by atoms with E-state index in [0.717, 1.165) is 43.7 Å². The van der Waals surface area contributed by atoms with Gasteiger partial charge in [-0.05, 0) is 47.6 Å². The van der Waals surface area contributed by atoms with Crippen LogP contribution in [0.3, 0.4) is 0 Å². The molecule has 0 saturated heterocycles. The maximum atomic E-state index is 6.49. The second-order valence-electron chi connectivity index (χ2n) is 4.18. The van der Waals surface area contributed by atoms with Crippen LogP contribution in [-0.4, -0.2) is 0 Å². The van der Waals surface area contributed by atoms with Gasteiger partial charge in [0.1, 0.15) is 0 Å². The average Bonchev–Trinajstić information content (AvgIpc) is 2.30. The van der Waals surface area contributed by atoms with Crippen molar-refractivity contribution in [2.45, 2.75) is 12.8 Å². The van der Waals surface area contributed by atoms with E-state index in [1.165, 1.54) is 5.56 Å². The molecule has 0 radical (unpaired) electrons. The Kier molecular flexibility index (Phi) is 2.94. The lowest BCUT2D eigenvalue weighted by Crippen LogP contribution is -1.98. The van der Waals surface area contributed by atoms with Gasteiger partial charge < -0.3 is 0 Å². The first kappa shape index (κ1) is 11.6. The van der Waals surface area contributed by atoms with Crippen molar-refractivity contribution in [1.29, 1.82) is 0 Å². The molecule has 0 aliphatic heterocycles. The molecule has 2 aromatic carbocycles. The summed E-state index contributed by atoms with van der Waals surface area (Å²) in [6.45, 7) is 0. The Morgan fingerprint density at radius 1 is 1.06 bits per heavy atom. The molecule has 0 bridgehead atoms. The summed E-state index contributed by atoms with van der Waals surface area (Å²) in [4.78, 5) is 0. The predicted octanol–water partition coefficient (Wildman–Crippen LogP) is 5.78. The van der Waals surface area contributed by atoms with Gasteiger partial charge in [-0.3, -0.25) is 0 Å². The van der Waals surface area contributed by atoms with Gasteiger partial charge in [0.25, 0.3) is 0 Å². The Hall–Kier alpha value is -0.500. The van der Waals surface area contributed by atoms with E-state index in [0.29, 0.717) is 0 Å². The van der Waals surface area contributed by atoms with Crippen LogP contribution in [0.2, 0.25) is 5.02 Å². The number of benzene rings is 2. The molecule has 3 rings (SSSR count). The fraction of sp³-hybridized carbons (Fsp3) is 0.143. The molecule has 0 aromatic heterocycles. The first-order chi connectivity index (χ1) is 8.16. The summed E-state index contributed by atoms with van der Waals surface area (Å²) < 4.78 is 1.06. The van der Waals surface area contributed by atoms with E-state index in [2.05, 4.69) is 28.1 Å². The maximum Gasteiger partial charge on any atom is 0.0522 e. The quantitative estimate of drug-likeness (QED) is 0.575. The summed E-state index contributed by atoms with van der Waals surface area (Å²) in [5.41, 5.74) is 2.35. The second-order valence-corrected chi connectivity index (χ2v) is 5.90. The molecule has 0 atom stereocenters. The molecule has 0 N–H and O–H groups in total. The zero-order chi connectivity index (χ0) is 12.0. The topological polar surface area (TPSA) is 0 Å². The van der Waals surface area contributed by atoms with Gasteiger partial charge in [-0.1, -0.05) is 51.3 Å². The van der Waals surface area contributed by atoms with E-state index in [1.54, 1.807) is 0 Å². The van der Waals surface area contributed by atoms with Crippen LogP contribution in [0, 0.1) is 0 Å². The van der Waals surface area contributed by atoms with E-state index < -0.39 is 0 Å². The Morgan fingerprint density at radius 2 is 1.88 bits per heavy atom. The average molecular weight is 328 g/mol. The van der Waals surface area contributed by atoms with Crippen LogP contribution in [0.25, 0.3) is 16.8 Å². The maximum absolute atomic E-state index is 6.49. The van der Waals surface area contributed by atoms with Crippen LogP contribution in [0.1, 0.15) is 17.5 Å². The molecule has 17 heavy (non-hydrogen) atoms. The van der Waals surface area contributed by atoms with Gasteiger partial charge in [0.2, 0.25) is 0 Å². The number of hydrogen-bond donors (Lipinski definition) is 0. The lowest BCUT2D eigenvalue weighted by atomic mass is 9.93. The Balaban J connectivity index is 2.41. The van der Waals surface area contributed by atoms with Crippen LogP contribution in [-0.2, 0) is 6.42 Å². The zero-order valence-electron chi connectivity index (χ0n) is 8.93. The third kappa shape index (κ3) is 1.91. The molecule has 0 spiro atoms. The molecule has 0 saturated carbocycles. The molecule has 1 aliphatic rings. The van der Waals surface area contributed by atoms with Gasteiger partial charge in [-0.25, -0.2) is 0 Å². The molecule has 1 aliphatic carbocycles. The number of fused-ring (bicyclic) bond motifs is 2. The summed E-state index contributed by atoms with van der Waals surface area (Å²) in [6, 6.07) is 8.25. The highest BCUT2D eigenvalue weighted by Crippen LogP contribution is 2.38. The minimum Gasteiger partial charge on any atom is -0.0891 e. The van der Waals surface area contributed by atoms with Crippen molar-refractivity contribution in [1.82, 2.24) is 0 Å². The third-order valence-electron chi connectivity index (χ3n) is 3.13. The normalized spacial score (nSPS) is 14.6. The number of rotatable bonds is 0. The summed E-state index contributed by atoms with van der Waals surface area (Å²) >= 11 is 16.1. The fourth-order valence-corrected chi connectivity index (χ4v) is 3.34. The lowest BCUT2D eigenvalue weighted by Gasteiger charge is -2.17. The van der Waals surface area contributed by atoms with E-state index in [9.17, 15) is 0 Å². The Morgan fingerprint density at radius 3 is 2.71 bits per heavy atom. The molecule has 86 valence electrons. The van der Waals surface area contributed by atoms with E-state index in [-0.39, 0.29) is 0 Å². The number of hydrogen-bond acceptors (Lipinski definition) is 0. The number of allylic oxidation sites excluding steroid dienone is 1. The summed E-state index contributed by atoms with van der Waals surface area (Å²) in [5, 5.41) is 4.00. The van der Waals surface area contributed by atoms with Crippen LogP contribution in [0.4, 0.5) is 0 Å². The molecule has 2 aromatic rings. The molecular weight excluding hydrogens is 319 g/mol. The van der Waals surface area contributed by atoms with Gasteiger partial charge in [-0.2, -0.15) is 0 Å². The second kappa shape index (κ2) is 4.31. The van der Waals surface area contributed by atoms with Crippen molar-refractivity contribution < 1.29 is 0 Å². The van der Waals surface area contributed by atoms with Gasteiger partial charge in [0, 0.05) is 14.9 Å². The molecule has 0 heterocycles. The molecule has 0 amide bonds. The highest BCUT2D eigenvalue weighted by Gasteiger charge is 2.16. The highest BCUT2D eigenvalue weighted by molar-refractivity contribution is 9.10. The third-order valence-corrected chi connectivity index (χ3v) is 4.55. The summed E-state index contributed by atoms with van der Waals surface area (Å²) in [7, 11) is 0. The van der Waals surface area contributed by atoms with Gasteiger partial charge in [-0.15, -0.1) is 0 Å². The van der Waals surface area contributed by atoms with Crippen LogP contribution < -0.4 is 0 Å². The minimum absolute atomic E-state index is 0.860. The molecule has 0 fully saturated rings. The van der Waals surface area contributed by atoms with Crippen LogP contribution in [0.5, 0.6) is 0 Å². The van der Waals surface area contributed by atoms with Gasteiger partial charge in [0.15, 0.2) is 0 Å². The predicted molar refractivity (Wildman–Crippen MR) is 78.8 cm³/mol. The summed E-state index contributed by atoms with van der Waals surface area (Å²) in [6.07, 6.45) is 3.82. The molecule has 3 heteroatoms. The Labute approximate surface area is 118 Å². The van der Waals surface area contributed by atoms with Gasteiger partial charge in [0.05, 0.1) is 5.02 Å².